The number of carbonyl (C=O) groups is 2. The summed E-state index contributed by atoms with van der Waals surface area (Å²) in [7, 11) is 1.62. The van der Waals surface area contributed by atoms with Crippen molar-refractivity contribution < 1.29 is 14.3 Å². The molecule has 2 aromatic carbocycles. The summed E-state index contributed by atoms with van der Waals surface area (Å²) in [4.78, 5) is 25.9. The lowest BCUT2D eigenvalue weighted by Gasteiger charge is -2.15. The Labute approximate surface area is 164 Å². The number of thioether (sulfide) groups is 1. The first kappa shape index (κ1) is 20.8. The number of para-hydroxylation sites is 1. The van der Waals surface area contributed by atoms with E-state index in [0.29, 0.717) is 17.8 Å². The first-order valence-electron chi connectivity index (χ1n) is 9.04. The number of amides is 2. The number of benzene rings is 2. The number of unbranched alkanes of at least 4 members (excludes halogenated alkanes) is 1. The van der Waals surface area contributed by atoms with Crippen molar-refractivity contribution in [3.63, 3.8) is 0 Å². The summed E-state index contributed by atoms with van der Waals surface area (Å²) in [5.74, 6) is 0.457. The molecule has 0 fully saturated rings. The quantitative estimate of drug-likeness (QED) is 0.497. The van der Waals surface area contributed by atoms with Crippen LogP contribution in [0, 0.1) is 0 Å². The lowest BCUT2D eigenvalue weighted by molar-refractivity contribution is -0.115. The van der Waals surface area contributed by atoms with Gasteiger partial charge in [-0.3, -0.25) is 9.59 Å². The lowest BCUT2D eigenvalue weighted by Crippen LogP contribution is -2.28. The van der Waals surface area contributed by atoms with E-state index in [1.54, 1.807) is 31.4 Å². The number of nitrogens with one attached hydrogen (secondary N) is 2. The van der Waals surface area contributed by atoms with E-state index in [4.69, 9.17) is 4.74 Å². The molecule has 0 saturated heterocycles. The van der Waals surface area contributed by atoms with Gasteiger partial charge < -0.3 is 15.4 Å². The summed E-state index contributed by atoms with van der Waals surface area (Å²) >= 11 is 1.45. The summed E-state index contributed by atoms with van der Waals surface area (Å²) in [6, 6.07) is 14.6. The van der Waals surface area contributed by atoms with Gasteiger partial charge in [0.25, 0.3) is 5.91 Å². The van der Waals surface area contributed by atoms with E-state index in [2.05, 4.69) is 17.6 Å². The fourth-order valence-electron chi connectivity index (χ4n) is 2.41. The number of hydrogen-bond donors (Lipinski definition) is 2. The number of hydrogen-bond acceptors (Lipinski definition) is 4. The van der Waals surface area contributed by atoms with Crippen LogP contribution >= 0.6 is 11.8 Å². The molecular formula is C21H26N2O3S. The van der Waals surface area contributed by atoms with Gasteiger partial charge in [0, 0.05) is 11.4 Å². The third kappa shape index (κ3) is 6.32. The highest BCUT2D eigenvalue weighted by Gasteiger charge is 2.18. The second-order valence-corrected chi connectivity index (χ2v) is 7.49. The molecule has 0 aromatic heterocycles. The van der Waals surface area contributed by atoms with Crippen molar-refractivity contribution in [3.8, 4) is 5.75 Å². The molecule has 6 heteroatoms. The molecule has 0 spiro atoms. The van der Waals surface area contributed by atoms with E-state index >= 15 is 0 Å². The topological polar surface area (TPSA) is 67.4 Å². The van der Waals surface area contributed by atoms with Gasteiger partial charge >= 0.3 is 0 Å². The SMILES string of the molecule is CCCCNC(=O)c1ccccc1NC(=O)[C@H](C)Sc1ccc(OC)cc1. The highest BCUT2D eigenvalue weighted by atomic mass is 32.2. The predicted octanol–water partition coefficient (Wildman–Crippen LogP) is 4.34. The summed E-state index contributed by atoms with van der Waals surface area (Å²) in [5.41, 5.74) is 1.00. The van der Waals surface area contributed by atoms with Gasteiger partial charge in [-0.05, 0) is 49.7 Å². The predicted molar refractivity (Wildman–Crippen MR) is 111 cm³/mol. The van der Waals surface area contributed by atoms with Crippen molar-refractivity contribution >= 4 is 29.3 Å². The van der Waals surface area contributed by atoms with Crippen molar-refractivity contribution in [3.05, 3.63) is 54.1 Å². The van der Waals surface area contributed by atoms with Crippen LogP contribution < -0.4 is 15.4 Å². The van der Waals surface area contributed by atoms with Crippen LogP contribution in [0.15, 0.2) is 53.4 Å². The molecule has 2 aromatic rings. The summed E-state index contributed by atoms with van der Waals surface area (Å²) in [5, 5.41) is 5.45. The Morgan fingerprint density at radius 1 is 1.11 bits per heavy atom. The molecule has 0 bridgehead atoms. The van der Waals surface area contributed by atoms with Gasteiger partial charge in [-0.15, -0.1) is 11.8 Å². The molecule has 5 nitrogen and oxygen atoms in total. The Morgan fingerprint density at radius 2 is 1.81 bits per heavy atom. The second kappa shape index (κ2) is 10.6. The van der Waals surface area contributed by atoms with Crippen molar-refractivity contribution in [2.24, 2.45) is 0 Å². The van der Waals surface area contributed by atoms with E-state index in [-0.39, 0.29) is 17.1 Å². The number of anilines is 1. The number of carbonyl (C=O) groups excluding carboxylic acids is 2. The van der Waals surface area contributed by atoms with Crippen molar-refractivity contribution in [2.45, 2.75) is 36.8 Å². The van der Waals surface area contributed by atoms with Gasteiger partial charge in [0.05, 0.1) is 23.6 Å². The van der Waals surface area contributed by atoms with E-state index in [9.17, 15) is 9.59 Å². The second-order valence-electron chi connectivity index (χ2n) is 6.08. The van der Waals surface area contributed by atoms with Crippen LogP contribution in [0.25, 0.3) is 0 Å². The largest absolute Gasteiger partial charge is 0.497 e. The summed E-state index contributed by atoms with van der Waals surface area (Å²) in [6.07, 6.45) is 1.94. The molecule has 0 unspecified atom stereocenters. The zero-order chi connectivity index (χ0) is 19.6. The lowest BCUT2D eigenvalue weighted by atomic mass is 10.1. The Hall–Kier alpha value is -2.47. The maximum atomic E-state index is 12.6. The number of rotatable bonds is 9. The van der Waals surface area contributed by atoms with Gasteiger partial charge in [0.2, 0.25) is 5.91 Å². The summed E-state index contributed by atoms with van der Waals surface area (Å²) in [6.45, 7) is 4.54. The minimum atomic E-state index is -0.311. The molecule has 2 N–H and O–H groups in total. The molecule has 0 radical (unpaired) electrons. The van der Waals surface area contributed by atoms with Gasteiger partial charge in [0.15, 0.2) is 0 Å². The van der Waals surface area contributed by atoms with Crippen molar-refractivity contribution in [1.82, 2.24) is 5.32 Å². The molecule has 2 amide bonds. The van der Waals surface area contributed by atoms with E-state index in [0.717, 1.165) is 23.5 Å². The first-order chi connectivity index (χ1) is 13.0. The fourth-order valence-corrected chi connectivity index (χ4v) is 3.28. The molecule has 0 aliphatic carbocycles. The van der Waals surface area contributed by atoms with Crippen LogP contribution in [-0.2, 0) is 4.79 Å². The smallest absolute Gasteiger partial charge is 0.253 e. The summed E-state index contributed by atoms with van der Waals surface area (Å²) < 4.78 is 5.14. The molecule has 27 heavy (non-hydrogen) atoms. The molecule has 2 rings (SSSR count). The fraction of sp³-hybridized carbons (Fsp3) is 0.333. The maximum absolute atomic E-state index is 12.6. The van der Waals surface area contributed by atoms with Gasteiger partial charge in [-0.2, -0.15) is 0 Å². The Balaban J connectivity index is 2.00. The Kier molecular flexibility index (Phi) is 8.20. The van der Waals surface area contributed by atoms with Gasteiger partial charge in [-0.1, -0.05) is 25.5 Å². The van der Waals surface area contributed by atoms with Crippen LogP contribution in [0.3, 0.4) is 0 Å². The molecule has 0 heterocycles. The number of methoxy groups -OCH3 is 1. The van der Waals surface area contributed by atoms with Crippen molar-refractivity contribution in [2.75, 3.05) is 19.0 Å². The molecule has 1 atom stereocenters. The monoisotopic (exact) mass is 386 g/mol. The normalized spacial score (nSPS) is 11.5. The molecule has 0 aliphatic rings. The van der Waals surface area contributed by atoms with Crippen LogP contribution in [0.1, 0.15) is 37.0 Å². The van der Waals surface area contributed by atoms with Crippen LogP contribution in [0.2, 0.25) is 0 Å². The molecule has 144 valence electrons. The van der Waals surface area contributed by atoms with Crippen LogP contribution in [0.4, 0.5) is 5.69 Å². The molecule has 0 aliphatic heterocycles. The first-order valence-corrected chi connectivity index (χ1v) is 9.92. The minimum absolute atomic E-state index is 0.148. The maximum Gasteiger partial charge on any atom is 0.253 e. The van der Waals surface area contributed by atoms with E-state index in [1.807, 2.05) is 31.2 Å². The van der Waals surface area contributed by atoms with Crippen LogP contribution in [-0.4, -0.2) is 30.7 Å². The van der Waals surface area contributed by atoms with E-state index in [1.165, 1.54) is 11.8 Å². The Bertz CT molecular complexity index is 762. The Morgan fingerprint density at radius 3 is 2.48 bits per heavy atom. The third-order valence-corrected chi connectivity index (χ3v) is 5.10. The molecular weight excluding hydrogens is 360 g/mol. The van der Waals surface area contributed by atoms with Gasteiger partial charge in [0.1, 0.15) is 5.75 Å². The average Bonchev–Trinajstić information content (AvgIpc) is 2.69. The zero-order valence-corrected chi connectivity index (χ0v) is 16.8. The van der Waals surface area contributed by atoms with Gasteiger partial charge in [-0.25, -0.2) is 0 Å². The standard InChI is InChI=1S/C21H26N2O3S/c1-4-5-14-22-21(25)18-8-6-7-9-19(18)23-20(24)15(2)27-17-12-10-16(26-3)11-13-17/h6-13,15H,4-5,14H2,1-3H3,(H,22,25)(H,23,24)/t15-/m0/s1. The van der Waals surface area contributed by atoms with Crippen molar-refractivity contribution in [1.29, 1.82) is 0 Å². The average molecular weight is 387 g/mol. The van der Waals surface area contributed by atoms with E-state index < -0.39 is 0 Å². The zero-order valence-electron chi connectivity index (χ0n) is 16.0. The highest BCUT2D eigenvalue weighted by Crippen LogP contribution is 2.26. The third-order valence-electron chi connectivity index (χ3n) is 3.99. The number of ether oxygens (including phenoxy) is 1. The minimum Gasteiger partial charge on any atom is -0.497 e. The molecule has 0 saturated carbocycles. The highest BCUT2D eigenvalue weighted by molar-refractivity contribution is 8.00. The van der Waals surface area contributed by atoms with Crippen LogP contribution in [0.5, 0.6) is 5.75 Å².